The van der Waals surface area contributed by atoms with E-state index < -0.39 is 0 Å². The van der Waals surface area contributed by atoms with Crippen LogP contribution in [-0.4, -0.2) is 23.5 Å². The van der Waals surface area contributed by atoms with Crippen molar-refractivity contribution in [3.63, 3.8) is 0 Å². The largest absolute Gasteiger partial charge is 0.383 e. The molecular weight excluding hydrogens is 306 g/mol. The molecule has 0 radical (unpaired) electrons. The smallest absolute Gasteiger partial charge is 0.0697 e. The number of hydrogen-bond donors (Lipinski definition) is 1. The number of aromatic nitrogens is 2. The normalized spacial score (nSPS) is 25.5. The third-order valence-corrected chi connectivity index (χ3v) is 4.75. The average molecular weight is 330 g/mol. The highest BCUT2D eigenvalue weighted by Gasteiger charge is 2.28. The summed E-state index contributed by atoms with van der Waals surface area (Å²) < 4.78 is 8.14. The standard InChI is InChI=1S/C14H24BrN3O/c1-10-4-3-5-11(8-10)13(16)14-12(15)9-17-18(14)6-7-19-2/h9-11,13H,3-8,16H2,1-2H3. The van der Waals surface area contributed by atoms with Crippen molar-refractivity contribution in [1.29, 1.82) is 0 Å². The predicted molar refractivity (Wildman–Crippen MR) is 79.9 cm³/mol. The molecule has 4 nitrogen and oxygen atoms in total. The highest BCUT2D eigenvalue weighted by atomic mass is 79.9. The lowest BCUT2D eigenvalue weighted by molar-refractivity contribution is 0.179. The molecule has 5 heteroatoms. The minimum absolute atomic E-state index is 0.0662. The van der Waals surface area contributed by atoms with E-state index in [-0.39, 0.29) is 6.04 Å². The molecule has 0 aromatic carbocycles. The zero-order chi connectivity index (χ0) is 13.8. The first-order valence-electron chi connectivity index (χ1n) is 7.09. The summed E-state index contributed by atoms with van der Waals surface area (Å²) in [6.07, 6.45) is 6.93. The van der Waals surface area contributed by atoms with Crippen LogP contribution in [0.25, 0.3) is 0 Å². The van der Waals surface area contributed by atoms with Crippen LogP contribution in [0.4, 0.5) is 0 Å². The van der Waals surface area contributed by atoms with E-state index in [1.807, 2.05) is 10.9 Å². The zero-order valence-corrected chi connectivity index (χ0v) is 13.4. The quantitative estimate of drug-likeness (QED) is 0.902. The highest BCUT2D eigenvalue weighted by Crippen LogP contribution is 2.37. The van der Waals surface area contributed by atoms with E-state index in [9.17, 15) is 0 Å². The van der Waals surface area contributed by atoms with Gasteiger partial charge in [0.05, 0.1) is 35.6 Å². The Morgan fingerprint density at radius 2 is 2.37 bits per heavy atom. The van der Waals surface area contributed by atoms with Gasteiger partial charge >= 0.3 is 0 Å². The van der Waals surface area contributed by atoms with Gasteiger partial charge < -0.3 is 10.5 Å². The molecule has 0 aliphatic heterocycles. The van der Waals surface area contributed by atoms with Crippen molar-refractivity contribution in [2.24, 2.45) is 17.6 Å². The Hall–Kier alpha value is -0.390. The first-order valence-corrected chi connectivity index (χ1v) is 7.88. The number of methoxy groups -OCH3 is 1. The number of rotatable bonds is 5. The molecule has 2 N–H and O–H groups in total. The van der Waals surface area contributed by atoms with Crippen molar-refractivity contribution in [2.75, 3.05) is 13.7 Å². The fourth-order valence-electron chi connectivity index (χ4n) is 3.09. The SMILES string of the molecule is COCCn1ncc(Br)c1C(N)C1CCCC(C)C1. The molecular formula is C14H24BrN3O. The van der Waals surface area contributed by atoms with Crippen molar-refractivity contribution >= 4 is 15.9 Å². The second-order valence-corrected chi connectivity index (χ2v) is 6.51. The minimum atomic E-state index is 0.0662. The number of halogens is 1. The van der Waals surface area contributed by atoms with Crippen molar-refractivity contribution in [2.45, 2.75) is 45.2 Å². The van der Waals surface area contributed by atoms with E-state index in [0.717, 1.165) is 22.6 Å². The Morgan fingerprint density at radius 3 is 3.05 bits per heavy atom. The van der Waals surface area contributed by atoms with Crippen LogP contribution in [0.3, 0.4) is 0 Å². The van der Waals surface area contributed by atoms with E-state index in [4.69, 9.17) is 10.5 Å². The fourth-order valence-corrected chi connectivity index (χ4v) is 3.65. The molecule has 2 rings (SSSR count). The van der Waals surface area contributed by atoms with Gasteiger partial charge in [-0.1, -0.05) is 19.8 Å². The molecule has 3 unspecified atom stereocenters. The van der Waals surface area contributed by atoms with Gasteiger partial charge in [0.25, 0.3) is 0 Å². The third kappa shape index (κ3) is 3.58. The van der Waals surface area contributed by atoms with Gasteiger partial charge in [-0.05, 0) is 40.6 Å². The summed E-state index contributed by atoms with van der Waals surface area (Å²) in [6.45, 7) is 3.75. The fraction of sp³-hybridized carbons (Fsp3) is 0.786. The Bertz CT molecular complexity index is 407. The van der Waals surface area contributed by atoms with Gasteiger partial charge in [0.2, 0.25) is 0 Å². The van der Waals surface area contributed by atoms with Crippen LogP contribution < -0.4 is 5.73 Å². The third-order valence-electron chi connectivity index (χ3n) is 4.14. The van der Waals surface area contributed by atoms with Crippen LogP contribution in [0.2, 0.25) is 0 Å². The lowest BCUT2D eigenvalue weighted by Gasteiger charge is -2.31. The first kappa shape index (κ1) is 15.0. The maximum atomic E-state index is 6.52. The molecule has 1 aromatic heterocycles. The number of nitrogens with two attached hydrogens (primary N) is 1. The highest BCUT2D eigenvalue weighted by molar-refractivity contribution is 9.10. The number of hydrogen-bond acceptors (Lipinski definition) is 3. The van der Waals surface area contributed by atoms with E-state index in [1.54, 1.807) is 7.11 Å². The summed E-state index contributed by atoms with van der Waals surface area (Å²) in [4.78, 5) is 0. The van der Waals surface area contributed by atoms with Gasteiger partial charge in [0.15, 0.2) is 0 Å². The average Bonchev–Trinajstić information content (AvgIpc) is 2.76. The van der Waals surface area contributed by atoms with Crippen LogP contribution in [0.5, 0.6) is 0 Å². The summed E-state index contributed by atoms with van der Waals surface area (Å²) in [5.74, 6) is 1.36. The monoisotopic (exact) mass is 329 g/mol. The van der Waals surface area contributed by atoms with Crippen LogP contribution in [-0.2, 0) is 11.3 Å². The summed E-state index contributed by atoms with van der Waals surface area (Å²) >= 11 is 3.59. The number of ether oxygens (including phenoxy) is 1. The molecule has 1 aliphatic rings. The van der Waals surface area contributed by atoms with E-state index in [0.29, 0.717) is 12.5 Å². The molecule has 3 atom stereocenters. The van der Waals surface area contributed by atoms with Crippen molar-refractivity contribution < 1.29 is 4.74 Å². The van der Waals surface area contributed by atoms with Crippen molar-refractivity contribution in [1.82, 2.24) is 9.78 Å². The maximum Gasteiger partial charge on any atom is 0.0697 e. The zero-order valence-electron chi connectivity index (χ0n) is 11.8. The molecule has 1 heterocycles. The van der Waals surface area contributed by atoms with Crippen molar-refractivity contribution in [3.8, 4) is 0 Å². The van der Waals surface area contributed by atoms with Crippen molar-refractivity contribution in [3.05, 3.63) is 16.4 Å². The molecule has 0 bridgehead atoms. The van der Waals surface area contributed by atoms with E-state index in [2.05, 4.69) is 28.0 Å². The van der Waals surface area contributed by atoms with Crippen LogP contribution in [0.1, 0.15) is 44.3 Å². The van der Waals surface area contributed by atoms with Crippen LogP contribution in [0.15, 0.2) is 10.7 Å². The van der Waals surface area contributed by atoms with Gasteiger partial charge in [-0.25, -0.2) is 0 Å². The van der Waals surface area contributed by atoms with Crippen LogP contribution in [0, 0.1) is 11.8 Å². The topological polar surface area (TPSA) is 53.1 Å². The lowest BCUT2D eigenvalue weighted by atomic mass is 9.78. The van der Waals surface area contributed by atoms with Crippen LogP contribution >= 0.6 is 15.9 Å². The van der Waals surface area contributed by atoms with Gasteiger partial charge in [-0.2, -0.15) is 5.10 Å². The summed E-state index contributed by atoms with van der Waals surface area (Å²) in [6, 6.07) is 0.0662. The van der Waals surface area contributed by atoms with Gasteiger partial charge in [0.1, 0.15) is 0 Å². The summed E-state index contributed by atoms with van der Waals surface area (Å²) in [5, 5.41) is 4.40. The van der Waals surface area contributed by atoms with Gasteiger partial charge in [-0.3, -0.25) is 4.68 Å². The minimum Gasteiger partial charge on any atom is -0.383 e. The van der Waals surface area contributed by atoms with Gasteiger partial charge in [0, 0.05) is 7.11 Å². The molecule has 0 spiro atoms. The molecule has 1 fully saturated rings. The number of nitrogens with zero attached hydrogens (tertiary/aromatic N) is 2. The molecule has 19 heavy (non-hydrogen) atoms. The summed E-state index contributed by atoms with van der Waals surface area (Å²) in [5.41, 5.74) is 7.64. The first-order chi connectivity index (χ1) is 9.13. The Labute approximate surface area is 123 Å². The second-order valence-electron chi connectivity index (χ2n) is 5.65. The molecule has 108 valence electrons. The molecule has 1 aromatic rings. The Kier molecular flexibility index (Phi) is 5.42. The maximum absolute atomic E-state index is 6.52. The lowest BCUT2D eigenvalue weighted by Crippen LogP contribution is -2.29. The van der Waals surface area contributed by atoms with E-state index >= 15 is 0 Å². The predicted octanol–water partition coefficient (Wildman–Crippen LogP) is 3.12. The molecule has 0 amide bonds. The molecule has 1 aliphatic carbocycles. The Morgan fingerprint density at radius 1 is 1.58 bits per heavy atom. The summed E-state index contributed by atoms with van der Waals surface area (Å²) in [7, 11) is 1.71. The van der Waals surface area contributed by atoms with Gasteiger partial charge in [-0.15, -0.1) is 0 Å². The second kappa shape index (κ2) is 6.86. The molecule has 1 saturated carbocycles. The Balaban J connectivity index is 2.12. The van der Waals surface area contributed by atoms with E-state index in [1.165, 1.54) is 25.7 Å². The molecule has 0 saturated heterocycles.